The van der Waals surface area contributed by atoms with Crippen LogP contribution in [0.4, 0.5) is 13.2 Å². The van der Waals surface area contributed by atoms with Crippen molar-refractivity contribution in [2.75, 3.05) is 13.0 Å². The van der Waals surface area contributed by atoms with Crippen molar-refractivity contribution in [2.24, 2.45) is 0 Å². The van der Waals surface area contributed by atoms with Gasteiger partial charge < -0.3 is 10.4 Å². The Bertz CT molecular complexity index is 209. The highest BCUT2D eigenvalue weighted by Gasteiger charge is 2.57. The quantitative estimate of drug-likeness (QED) is 0.498. The minimum atomic E-state index is -5.36. The van der Waals surface area contributed by atoms with Crippen molar-refractivity contribution in [1.82, 2.24) is 5.32 Å². The van der Waals surface area contributed by atoms with Crippen molar-refractivity contribution < 1.29 is 23.8 Å². The largest absolute Gasteiger partial charge is 0.419 e. The van der Waals surface area contributed by atoms with Gasteiger partial charge in [0.25, 0.3) is 0 Å². The minimum Gasteiger partial charge on any atom is -0.378 e. The van der Waals surface area contributed by atoms with Gasteiger partial charge in [0.1, 0.15) is 0 Å². The third-order valence-electron chi connectivity index (χ3n) is 0.897. The average Bonchev–Trinajstić information content (AvgIpc) is 1.80. The molecule has 1 fully saturated rings. The van der Waals surface area contributed by atoms with Crippen molar-refractivity contribution in [1.29, 1.82) is 0 Å². The van der Waals surface area contributed by atoms with Crippen LogP contribution in [0.15, 0.2) is 0 Å². The summed E-state index contributed by atoms with van der Waals surface area (Å²) in [5, 5.41) is 10.2. The number of hydrogen-bond acceptors (Lipinski definition) is 2. The maximum atomic E-state index is 12.1. The van der Waals surface area contributed by atoms with Crippen LogP contribution in [-0.4, -0.2) is 29.9 Å². The normalized spacial score (nSPS) is 43.1. The topological polar surface area (TPSA) is 32.3 Å². The van der Waals surface area contributed by atoms with E-state index in [-0.39, 0.29) is 0 Å². The van der Waals surface area contributed by atoms with E-state index in [2.05, 4.69) is 0 Å². The van der Waals surface area contributed by atoms with Gasteiger partial charge in [-0.1, -0.05) is 0 Å². The van der Waals surface area contributed by atoms with E-state index in [1.165, 1.54) is 5.32 Å². The Morgan fingerprint density at radius 3 is 2.11 bits per heavy atom. The lowest BCUT2D eigenvalue weighted by Gasteiger charge is -2.38. The molecule has 54 valence electrons. The molecule has 1 saturated heterocycles. The summed E-state index contributed by atoms with van der Waals surface area (Å²) in [4.78, 5) is 0. The van der Waals surface area contributed by atoms with Crippen molar-refractivity contribution >= 4 is 0 Å². The Kier molecular flexibility index (Phi) is 0.571. The first-order valence-electron chi connectivity index (χ1n) is 4.04. The summed E-state index contributed by atoms with van der Waals surface area (Å²) in [5.74, 6) is 0. The lowest BCUT2D eigenvalue weighted by atomic mass is 9.97. The Labute approximate surface area is 55.3 Å². The van der Waals surface area contributed by atoms with Crippen molar-refractivity contribution in [2.45, 2.75) is 11.8 Å². The second-order valence-electron chi connectivity index (χ2n) is 1.58. The van der Waals surface area contributed by atoms with Gasteiger partial charge in [-0.3, -0.25) is 0 Å². The maximum absolute atomic E-state index is 12.1. The van der Waals surface area contributed by atoms with Crippen molar-refractivity contribution in [3.63, 3.8) is 0 Å². The predicted octanol–water partition coefficient (Wildman–Crippen LogP) is -0.117. The SMILES string of the molecule is [2H]C1([2H])NC([2H])([2H])C1(O)C(F)(F)F. The van der Waals surface area contributed by atoms with Gasteiger partial charge in [-0.25, -0.2) is 0 Å². The summed E-state index contributed by atoms with van der Waals surface area (Å²) < 4.78 is 63.0. The van der Waals surface area contributed by atoms with Crippen LogP contribution in [0.1, 0.15) is 5.48 Å². The van der Waals surface area contributed by atoms with Gasteiger partial charge in [0.05, 0.1) is 0 Å². The number of alkyl halides is 3. The molecule has 0 saturated carbocycles. The van der Waals surface area contributed by atoms with Crippen LogP contribution < -0.4 is 5.32 Å². The standard InChI is InChI=1S/C4H6F3NO/c5-4(6,7)3(9)1-8-2-3/h8-9H,1-2H2/i1D2,2D2. The highest BCUT2D eigenvalue weighted by Crippen LogP contribution is 2.32. The molecule has 1 rings (SSSR count). The zero-order valence-electron chi connectivity index (χ0n) is 8.08. The third-order valence-corrected chi connectivity index (χ3v) is 0.897. The molecule has 0 amide bonds. The molecular formula is C4H6F3NO. The van der Waals surface area contributed by atoms with E-state index >= 15 is 0 Å². The van der Waals surface area contributed by atoms with Crippen LogP contribution in [0.25, 0.3) is 0 Å². The molecular weight excluding hydrogens is 135 g/mol. The Morgan fingerprint density at radius 1 is 1.56 bits per heavy atom. The number of nitrogens with one attached hydrogen (secondary N) is 1. The molecule has 1 aliphatic rings. The molecule has 0 aromatic heterocycles. The van der Waals surface area contributed by atoms with Gasteiger partial charge in [-0.2, -0.15) is 13.2 Å². The summed E-state index contributed by atoms with van der Waals surface area (Å²) in [6.45, 7) is -6.40. The lowest BCUT2D eigenvalue weighted by Crippen LogP contribution is -2.67. The van der Waals surface area contributed by atoms with Gasteiger partial charge in [-0.15, -0.1) is 0 Å². The lowest BCUT2D eigenvalue weighted by molar-refractivity contribution is -0.274. The molecule has 5 heteroatoms. The number of rotatable bonds is 0. The van der Waals surface area contributed by atoms with E-state index in [4.69, 9.17) is 10.6 Å². The molecule has 0 aromatic rings. The summed E-state index contributed by atoms with van der Waals surface area (Å²) >= 11 is 0. The smallest absolute Gasteiger partial charge is 0.378 e. The Balaban J connectivity index is 3.12. The third kappa shape index (κ3) is 0.900. The molecule has 2 nitrogen and oxygen atoms in total. The van der Waals surface area contributed by atoms with Crippen molar-refractivity contribution in [3.8, 4) is 0 Å². The first kappa shape index (κ1) is 3.21. The van der Waals surface area contributed by atoms with Crippen LogP contribution in [0, 0.1) is 0 Å². The van der Waals surface area contributed by atoms with E-state index in [0.29, 0.717) is 0 Å². The molecule has 0 atom stereocenters. The fourth-order valence-corrected chi connectivity index (χ4v) is 0.323. The molecule has 1 aliphatic heterocycles. The van der Waals surface area contributed by atoms with Gasteiger partial charge in [-0.05, 0) is 0 Å². The zero-order valence-corrected chi connectivity index (χ0v) is 4.08. The molecule has 2 N–H and O–H groups in total. The molecule has 1 heterocycles. The summed E-state index contributed by atoms with van der Waals surface area (Å²) in [5.41, 5.74) is -3.99. The first-order chi connectivity index (χ1) is 5.46. The molecule has 0 aromatic carbocycles. The Hall–Kier alpha value is -0.290. The minimum absolute atomic E-state index is 1.35. The highest BCUT2D eigenvalue weighted by atomic mass is 19.4. The van der Waals surface area contributed by atoms with Gasteiger partial charge >= 0.3 is 6.18 Å². The van der Waals surface area contributed by atoms with Crippen LogP contribution in [-0.2, 0) is 0 Å². The fraction of sp³-hybridized carbons (Fsp3) is 1.00. The van der Waals surface area contributed by atoms with Crippen LogP contribution in [0.2, 0.25) is 0 Å². The Morgan fingerprint density at radius 2 is 2.00 bits per heavy atom. The maximum Gasteiger partial charge on any atom is 0.419 e. The molecule has 0 aliphatic carbocycles. The fourth-order valence-electron chi connectivity index (χ4n) is 0.323. The number of halogens is 3. The molecule has 0 bridgehead atoms. The van der Waals surface area contributed by atoms with E-state index in [1.807, 2.05) is 0 Å². The number of β-amino-alcohol motifs (C(OH)–C–C–N with tert-alkyl or cyclic N) is 1. The van der Waals surface area contributed by atoms with E-state index < -0.39 is 24.8 Å². The van der Waals surface area contributed by atoms with Gasteiger partial charge in [0.2, 0.25) is 0 Å². The molecule has 0 radical (unpaired) electrons. The summed E-state index contributed by atoms with van der Waals surface area (Å²) in [7, 11) is 0. The molecule has 9 heavy (non-hydrogen) atoms. The number of aliphatic hydroxyl groups is 1. The van der Waals surface area contributed by atoms with E-state index in [1.54, 1.807) is 0 Å². The zero-order chi connectivity index (χ0) is 10.7. The van der Waals surface area contributed by atoms with Gasteiger partial charge in [0.15, 0.2) is 5.60 Å². The number of hydrogen-bond donors (Lipinski definition) is 2. The van der Waals surface area contributed by atoms with Gasteiger partial charge in [0, 0.05) is 18.5 Å². The molecule has 0 spiro atoms. The summed E-state index contributed by atoms with van der Waals surface area (Å²) in [6, 6.07) is 0. The monoisotopic (exact) mass is 145 g/mol. The average molecular weight is 145 g/mol. The summed E-state index contributed by atoms with van der Waals surface area (Å²) in [6.07, 6.45) is -5.36. The van der Waals surface area contributed by atoms with E-state index in [0.717, 1.165) is 0 Å². The van der Waals surface area contributed by atoms with Crippen LogP contribution in [0.3, 0.4) is 0 Å². The van der Waals surface area contributed by atoms with Crippen molar-refractivity contribution in [3.05, 3.63) is 0 Å². The second-order valence-corrected chi connectivity index (χ2v) is 1.58. The van der Waals surface area contributed by atoms with Crippen LogP contribution in [0.5, 0.6) is 0 Å². The first-order valence-corrected chi connectivity index (χ1v) is 2.04. The second kappa shape index (κ2) is 1.60. The highest BCUT2D eigenvalue weighted by molar-refractivity contribution is 4.98. The molecule has 0 unspecified atom stereocenters. The van der Waals surface area contributed by atoms with Crippen LogP contribution >= 0.6 is 0 Å². The van der Waals surface area contributed by atoms with E-state index in [9.17, 15) is 13.2 Å². The predicted molar refractivity (Wildman–Crippen MR) is 23.9 cm³/mol.